The standard InChI is InChI=1S/C18H20ClN3O.2ClH/c19-15-5-3-4-14(12-15)13-21-8-10-22(11-9-21)18(23)16-6-1-2-7-17(16)20;;/h1-7,12H,8-11,13,20H2;2*1H. The molecule has 7 heteroatoms. The monoisotopic (exact) mass is 401 g/mol. The smallest absolute Gasteiger partial charge is 0.256 e. The van der Waals surface area contributed by atoms with E-state index < -0.39 is 0 Å². The predicted molar refractivity (Wildman–Crippen MR) is 108 cm³/mol. The average molecular weight is 403 g/mol. The van der Waals surface area contributed by atoms with Crippen molar-refractivity contribution in [3.8, 4) is 0 Å². The van der Waals surface area contributed by atoms with Crippen LogP contribution in [0.15, 0.2) is 48.5 Å². The van der Waals surface area contributed by atoms with Crippen LogP contribution in [-0.4, -0.2) is 41.9 Å². The summed E-state index contributed by atoms with van der Waals surface area (Å²) in [6, 6.07) is 15.2. The Bertz CT molecular complexity index is 703. The van der Waals surface area contributed by atoms with Gasteiger partial charge in [-0.05, 0) is 29.8 Å². The van der Waals surface area contributed by atoms with Gasteiger partial charge in [-0.25, -0.2) is 0 Å². The van der Waals surface area contributed by atoms with E-state index in [-0.39, 0.29) is 30.7 Å². The molecule has 0 bridgehead atoms. The van der Waals surface area contributed by atoms with Gasteiger partial charge in [0.1, 0.15) is 0 Å². The Kier molecular flexibility index (Phi) is 8.53. The van der Waals surface area contributed by atoms with Crippen LogP contribution in [0.1, 0.15) is 15.9 Å². The van der Waals surface area contributed by atoms with Crippen molar-refractivity contribution in [2.45, 2.75) is 6.54 Å². The second-order valence-corrected chi connectivity index (χ2v) is 6.22. The summed E-state index contributed by atoms with van der Waals surface area (Å²) >= 11 is 6.03. The molecule has 25 heavy (non-hydrogen) atoms. The van der Waals surface area contributed by atoms with Crippen LogP contribution in [0, 0.1) is 0 Å². The van der Waals surface area contributed by atoms with Crippen LogP contribution >= 0.6 is 36.4 Å². The van der Waals surface area contributed by atoms with Crippen LogP contribution in [-0.2, 0) is 6.54 Å². The number of halogens is 3. The molecule has 1 aliphatic rings. The van der Waals surface area contributed by atoms with Crippen molar-refractivity contribution in [2.24, 2.45) is 0 Å². The molecule has 2 N–H and O–H groups in total. The minimum Gasteiger partial charge on any atom is -0.398 e. The number of anilines is 1. The number of nitrogens with zero attached hydrogens (tertiary/aromatic N) is 2. The van der Waals surface area contributed by atoms with Gasteiger partial charge in [-0.15, -0.1) is 24.8 Å². The molecule has 1 saturated heterocycles. The SMILES string of the molecule is Cl.Cl.Nc1ccccc1C(=O)N1CCN(Cc2cccc(Cl)c2)CC1. The van der Waals surface area contributed by atoms with E-state index in [1.54, 1.807) is 12.1 Å². The zero-order valence-corrected chi connectivity index (χ0v) is 16.1. The molecule has 2 aromatic rings. The van der Waals surface area contributed by atoms with Crippen LogP contribution in [0.3, 0.4) is 0 Å². The summed E-state index contributed by atoms with van der Waals surface area (Å²) in [7, 11) is 0. The van der Waals surface area contributed by atoms with Crippen molar-refractivity contribution in [1.29, 1.82) is 0 Å². The topological polar surface area (TPSA) is 49.6 Å². The summed E-state index contributed by atoms with van der Waals surface area (Å²) in [6.45, 7) is 3.99. The molecule has 0 aliphatic carbocycles. The molecule has 0 unspecified atom stereocenters. The number of benzene rings is 2. The maximum atomic E-state index is 12.5. The van der Waals surface area contributed by atoms with E-state index in [0.717, 1.165) is 24.7 Å². The van der Waals surface area contributed by atoms with Gasteiger partial charge in [0, 0.05) is 43.4 Å². The average Bonchev–Trinajstić information content (AvgIpc) is 2.55. The molecule has 4 nitrogen and oxygen atoms in total. The minimum atomic E-state index is 0. The van der Waals surface area contributed by atoms with E-state index in [1.807, 2.05) is 35.2 Å². The molecule has 1 heterocycles. The Morgan fingerprint density at radius 2 is 1.68 bits per heavy atom. The highest BCUT2D eigenvalue weighted by Crippen LogP contribution is 2.17. The van der Waals surface area contributed by atoms with Crippen LogP contribution in [0.2, 0.25) is 5.02 Å². The van der Waals surface area contributed by atoms with E-state index >= 15 is 0 Å². The quantitative estimate of drug-likeness (QED) is 0.796. The van der Waals surface area contributed by atoms with Gasteiger partial charge in [0.05, 0.1) is 5.56 Å². The van der Waals surface area contributed by atoms with Crippen molar-refractivity contribution >= 4 is 48.0 Å². The molecule has 0 radical (unpaired) electrons. The molecule has 1 amide bonds. The van der Waals surface area contributed by atoms with Gasteiger partial charge in [-0.1, -0.05) is 35.9 Å². The summed E-state index contributed by atoms with van der Waals surface area (Å²) in [5.74, 6) is 0.0190. The fourth-order valence-electron chi connectivity index (χ4n) is 2.86. The second-order valence-electron chi connectivity index (χ2n) is 5.79. The number of hydrogen-bond donors (Lipinski definition) is 1. The first-order valence-electron chi connectivity index (χ1n) is 7.74. The van der Waals surface area contributed by atoms with Gasteiger partial charge in [0.2, 0.25) is 0 Å². The van der Waals surface area contributed by atoms with Crippen molar-refractivity contribution < 1.29 is 4.79 Å². The Morgan fingerprint density at radius 1 is 1.00 bits per heavy atom. The first-order chi connectivity index (χ1) is 11.1. The van der Waals surface area contributed by atoms with E-state index in [4.69, 9.17) is 17.3 Å². The molecule has 136 valence electrons. The van der Waals surface area contributed by atoms with Crippen LogP contribution < -0.4 is 5.73 Å². The lowest BCUT2D eigenvalue weighted by Gasteiger charge is -2.35. The first kappa shape index (κ1) is 21.6. The Labute approximate surface area is 165 Å². The van der Waals surface area contributed by atoms with E-state index in [0.29, 0.717) is 24.3 Å². The lowest BCUT2D eigenvalue weighted by Crippen LogP contribution is -2.48. The molecule has 1 aliphatic heterocycles. The Morgan fingerprint density at radius 3 is 2.32 bits per heavy atom. The van der Waals surface area contributed by atoms with E-state index in [9.17, 15) is 4.79 Å². The van der Waals surface area contributed by atoms with Gasteiger partial charge in [0.25, 0.3) is 5.91 Å². The molecular formula is C18H22Cl3N3O. The van der Waals surface area contributed by atoms with Crippen LogP contribution in [0.25, 0.3) is 0 Å². The highest BCUT2D eigenvalue weighted by atomic mass is 35.5. The number of piperazine rings is 1. The molecule has 0 aromatic heterocycles. The van der Waals surface area contributed by atoms with Crippen LogP contribution in [0.4, 0.5) is 5.69 Å². The number of nitrogen functional groups attached to an aromatic ring is 1. The number of carbonyl (C=O) groups excluding carboxylic acids is 1. The third kappa shape index (κ3) is 5.51. The summed E-state index contributed by atoms with van der Waals surface area (Å²) in [5, 5.41) is 0.760. The number of amides is 1. The van der Waals surface area contributed by atoms with Gasteiger partial charge in [0.15, 0.2) is 0 Å². The van der Waals surface area contributed by atoms with Gasteiger partial charge >= 0.3 is 0 Å². The van der Waals surface area contributed by atoms with Crippen LogP contribution in [0.5, 0.6) is 0 Å². The van der Waals surface area contributed by atoms with Gasteiger partial charge in [-0.2, -0.15) is 0 Å². The molecule has 0 spiro atoms. The number of rotatable bonds is 3. The normalized spacial score (nSPS) is 14.4. The molecule has 1 fully saturated rings. The van der Waals surface area contributed by atoms with Crippen molar-refractivity contribution in [3.63, 3.8) is 0 Å². The zero-order chi connectivity index (χ0) is 16.2. The third-order valence-corrected chi connectivity index (χ3v) is 4.38. The van der Waals surface area contributed by atoms with Gasteiger partial charge < -0.3 is 10.6 Å². The fraction of sp³-hybridized carbons (Fsp3) is 0.278. The molecule has 0 atom stereocenters. The third-order valence-electron chi connectivity index (χ3n) is 4.15. The fourth-order valence-corrected chi connectivity index (χ4v) is 3.08. The van der Waals surface area contributed by atoms with Crippen molar-refractivity contribution in [2.75, 3.05) is 31.9 Å². The number of hydrogen-bond acceptors (Lipinski definition) is 3. The minimum absolute atomic E-state index is 0. The second kappa shape index (κ2) is 9.88. The lowest BCUT2D eigenvalue weighted by atomic mass is 10.1. The largest absolute Gasteiger partial charge is 0.398 e. The molecule has 3 rings (SSSR count). The Balaban J connectivity index is 0.00000156. The van der Waals surface area contributed by atoms with E-state index in [1.165, 1.54) is 5.56 Å². The summed E-state index contributed by atoms with van der Waals surface area (Å²) < 4.78 is 0. The lowest BCUT2D eigenvalue weighted by molar-refractivity contribution is 0.0629. The zero-order valence-electron chi connectivity index (χ0n) is 13.7. The summed E-state index contributed by atoms with van der Waals surface area (Å²) in [4.78, 5) is 16.8. The highest BCUT2D eigenvalue weighted by molar-refractivity contribution is 6.30. The molecule has 0 saturated carbocycles. The molecule has 2 aromatic carbocycles. The predicted octanol–water partition coefficient (Wildman–Crippen LogP) is 3.72. The first-order valence-corrected chi connectivity index (χ1v) is 8.12. The Hall–Kier alpha value is -1.46. The number of carbonyl (C=O) groups is 1. The van der Waals surface area contributed by atoms with Crippen molar-refractivity contribution in [1.82, 2.24) is 9.80 Å². The maximum Gasteiger partial charge on any atom is 0.256 e. The van der Waals surface area contributed by atoms with Crippen molar-refractivity contribution in [3.05, 3.63) is 64.7 Å². The summed E-state index contributed by atoms with van der Waals surface area (Å²) in [6.07, 6.45) is 0. The molecular weight excluding hydrogens is 381 g/mol. The number of para-hydroxylation sites is 1. The number of nitrogens with two attached hydrogens (primary N) is 1. The van der Waals surface area contributed by atoms with E-state index in [2.05, 4.69) is 11.0 Å². The van der Waals surface area contributed by atoms with Gasteiger partial charge in [-0.3, -0.25) is 9.69 Å². The summed E-state index contributed by atoms with van der Waals surface area (Å²) in [5.41, 5.74) is 8.23. The highest BCUT2D eigenvalue weighted by Gasteiger charge is 2.23. The maximum absolute atomic E-state index is 12.5.